The summed E-state index contributed by atoms with van der Waals surface area (Å²) < 4.78 is 15.9. The number of likely N-dealkylation sites (N-methyl/N-ethyl adjacent to an activating group) is 1. The Hall–Kier alpha value is -1.79. The van der Waals surface area contributed by atoms with E-state index in [9.17, 15) is 4.79 Å². The molecule has 0 saturated carbocycles. The van der Waals surface area contributed by atoms with Crippen molar-refractivity contribution in [2.75, 3.05) is 33.6 Å². The van der Waals surface area contributed by atoms with Crippen LogP contribution in [-0.2, 0) is 16.1 Å². The molecule has 2 aliphatic heterocycles. The van der Waals surface area contributed by atoms with Gasteiger partial charge in [-0.15, -0.1) is 0 Å². The predicted octanol–water partition coefficient (Wildman–Crippen LogP) is 0.362. The lowest BCUT2D eigenvalue weighted by Crippen LogP contribution is -2.51. The van der Waals surface area contributed by atoms with E-state index in [-0.39, 0.29) is 18.7 Å². The molecule has 3 rings (SSSR count). The predicted molar refractivity (Wildman–Crippen MR) is 71.6 cm³/mol. The fourth-order valence-corrected chi connectivity index (χ4v) is 2.38. The Morgan fingerprint density at radius 3 is 3.05 bits per heavy atom. The lowest BCUT2D eigenvalue weighted by molar-refractivity contribution is -0.135. The van der Waals surface area contributed by atoms with Crippen LogP contribution in [0.1, 0.15) is 5.56 Å². The van der Waals surface area contributed by atoms with E-state index in [4.69, 9.17) is 14.2 Å². The molecule has 0 aliphatic carbocycles. The first-order valence-corrected chi connectivity index (χ1v) is 6.68. The number of nitrogens with zero attached hydrogens (tertiary/aromatic N) is 1. The van der Waals surface area contributed by atoms with Gasteiger partial charge < -0.3 is 24.4 Å². The molecule has 1 saturated heterocycles. The topological polar surface area (TPSA) is 60.0 Å². The molecule has 2 heterocycles. The smallest absolute Gasteiger partial charge is 0.242 e. The third-order valence-electron chi connectivity index (χ3n) is 3.45. The maximum Gasteiger partial charge on any atom is 0.242 e. The summed E-state index contributed by atoms with van der Waals surface area (Å²) in [5.74, 6) is 1.54. The zero-order valence-electron chi connectivity index (χ0n) is 11.4. The minimum Gasteiger partial charge on any atom is -0.454 e. The van der Waals surface area contributed by atoms with Crippen molar-refractivity contribution in [1.82, 2.24) is 10.2 Å². The fraction of sp³-hybridized carbons (Fsp3) is 0.500. The van der Waals surface area contributed by atoms with Crippen LogP contribution in [0.3, 0.4) is 0 Å². The van der Waals surface area contributed by atoms with E-state index in [0.717, 1.165) is 17.1 Å². The molecule has 0 bridgehead atoms. The molecule has 1 unspecified atom stereocenters. The highest BCUT2D eigenvalue weighted by atomic mass is 16.7. The summed E-state index contributed by atoms with van der Waals surface area (Å²) in [7, 11) is 1.79. The highest BCUT2D eigenvalue weighted by molar-refractivity contribution is 5.81. The number of hydrogen-bond acceptors (Lipinski definition) is 5. The molecule has 108 valence electrons. The highest BCUT2D eigenvalue weighted by Gasteiger charge is 2.24. The van der Waals surface area contributed by atoms with Gasteiger partial charge in [0.15, 0.2) is 11.5 Å². The van der Waals surface area contributed by atoms with Crippen molar-refractivity contribution in [1.29, 1.82) is 0 Å². The van der Waals surface area contributed by atoms with E-state index in [0.29, 0.717) is 26.3 Å². The molecule has 6 heteroatoms. The van der Waals surface area contributed by atoms with Gasteiger partial charge in [0.25, 0.3) is 0 Å². The van der Waals surface area contributed by atoms with Gasteiger partial charge in [-0.2, -0.15) is 0 Å². The van der Waals surface area contributed by atoms with Crippen molar-refractivity contribution in [2.45, 2.75) is 12.6 Å². The van der Waals surface area contributed by atoms with Crippen LogP contribution in [0.25, 0.3) is 0 Å². The van der Waals surface area contributed by atoms with Gasteiger partial charge in [0.1, 0.15) is 6.04 Å². The Kier molecular flexibility index (Phi) is 3.75. The number of nitrogens with one attached hydrogen (secondary N) is 1. The van der Waals surface area contributed by atoms with Crippen LogP contribution in [0.2, 0.25) is 0 Å². The summed E-state index contributed by atoms with van der Waals surface area (Å²) in [5.41, 5.74) is 1.02. The van der Waals surface area contributed by atoms with Crippen LogP contribution >= 0.6 is 0 Å². The van der Waals surface area contributed by atoms with Gasteiger partial charge in [-0.25, -0.2) is 0 Å². The number of carbonyl (C=O) groups excluding carboxylic acids is 1. The molecule has 1 N–H and O–H groups in total. The average molecular weight is 278 g/mol. The quantitative estimate of drug-likeness (QED) is 0.865. The first-order chi connectivity index (χ1) is 9.74. The number of morpholine rings is 1. The number of carbonyl (C=O) groups is 1. The largest absolute Gasteiger partial charge is 0.454 e. The first kappa shape index (κ1) is 13.2. The second-order valence-electron chi connectivity index (χ2n) is 4.96. The van der Waals surface area contributed by atoms with Gasteiger partial charge in [-0.3, -0.25) is 4.79 Å². The molecule has 0 radical (unpaired) electrons. The minimum absolute atomic E-state index is 0.0439. The van der Waals surface area contributed by atoms with Gasteiger partial charge in [0.05, 0.1) is 13.2 Å². The molecule has 1 fully saturated rings. The zero-order chi connectivity index (χ0) is 13.9. The SMILES string of the molecule is CN(Cc1ccc2c(c1)OCO2)C(=O)C1COCCN1. The Labute approximate surface area is 117 Å². The Morgan fingerprint density at radius 1 is 1.40 bits per heavy atom. The molecular weight excluding hydrogens is 260 g/mol. The minimum atomic E-state index is -0.247. The second-order valence-corrected chi connectivity index (χ2v) is 4.96. The van der Waals surface area contributed by atoms with E-state index in [1.165, 1.54) is 0 Å². The van der Waals surface area contributed by atoms with Crippen LogP contribution < -0.4 is 14.8 Å². The van der Waals surface area contributed by atoms with Gasteiger partial charge in [-0.05, 0) is 17.7 Å². The number of benzene rings is 1. The lowest BCUT2D eigenvalue weighted by Gasteiger charge is -2.27. The summed E-state index contributed by atoms with van der Waals surface area (Å²) in [6, 6.07) is 5.49. The van der Waals surface area contributed by atoms with Crippen LogP contribution in [0, 0.1) is 0 Å². The molecule has 1 aromatic carbocycles. The molecule has 20 heavy (non-hydrogen) atoms. The zero-order valence-corrected chi connectivity index (χ0v) is 11.4. The fourth-order valence-electron chi connectivity index (χ4n) is 2.38. The molecule has 1 atom stereocenters. The Bertz CT molecular complexity index is 500. The van der Waals surface area contributed by atoms with Crippen LogP contribution in [0.4, 0.5) is 0 Å². The van der Waals surface area contributed by atoms with Crippen molar-refractivity contribution in [3.05, 3.63) is 23.8 Å². The van der Waals surface area contributed by atoms with Crippen LogP contribution in [-0.4, -0.2) is 50.4 Å². The average Bonchev–Trinajstić information content (AvgIpc) is 2.95. The molecule has 0 spiro atoms. The maximum absolute atomic E-state index is 12.3. The standard InChI is InChI=1S/C14H18N2O4/c1-16(14(17)11-8-18-5-4-15-11)7-10-2-3-12-13(6-10)20-9-19-12/h2-3,6,11,15H,4-5,7-9H2,1H3. The van der Waals surface area contributed by atoms with Crippen molar-refractivity contribution >= 4 is 5.91 Å². The summed E-state index contributed by atoms with van der Waals surface area (Å²) >= 11 is 0. The van der Waals surface area contributed by atoms with Crippen molar-refractivity contribution in [3.8, 4) is 11.5 Å². The van der Waals surface area contributed by atoms with E-state index >= 15 is 0 Å². The van der Waals surface area contributed by atoms with Crippen molar-refractivity contribution in [3.63, 3.8) is 0 Å². The van der Waals surface area contributed by atoms with Crippen molar-refractivity contribution in [2.24, 2.45) is 0 Å². The van der Waals surface area contributed by atoms with E-state index in [1.54, 1.807) is 11.9 Å². The van der Waals surface area contributed by atoms with E-state index in [1.807, 2.05) is 18.2 Å². The molecular formula is C14H18N2O4. The number of hydrogen-bond donors (Lipinski definition) is 1. The molecule has 6 nitrogen and oxygen atoms in total. The second kappa shape index (κ2) is 5.68. The monoisotopic (exact) mass is 278 g/mol. The maximum atomic E-state index is 12.3. The van der Waals surface area contributed by atoms with Gasteiger partial charge >= 0.3 is 0 Å². The number of fused-ring (bicyclic) bond motifs is 1. The Morgan fingerprint density at radius 2 is 2.25 bits per heavy atom. The molecule has 1 amide bonds. The number of amides is 1. The third-order valence-corrected chi connectivity index (χ3v) is 3.45. The van der Waals surface area contributed by atoms with Crippen LogP contribution in [0.15, 0.2) is 18.2 Å². The van der Waals surface area contributed by atoms with Gasteiger partial charge in [-0.1, -0.05) is 6.07 Å². The molecule has 0 aromatic heterocycles. The number of rotatable bonds is 3. The first-order valence-electron chi connectivity index (χ1n) is 6.68. The highest BCUT2D eigenvalue weighted by Crippen LogP contribution is 2.32. The lowest BCUT2D eigenvalue weighted by atomic mass is 10.1. The van der Waals surface area contributed by atoms with Gasteiger partial charge in [0.2, 0.25) is 12.7 Å². The van der Waals surface area contributed by atoms with Gasteiger partial charge in [0, 0.05) is 20.1 Å². The third kappa shape index (κ3) is 2.71. The summed E-state index contributed by atoms with van der Waals surface area (Å²) in [6.07, 6.45) is 0. The van der Waals surface area contributed by atoms with E-state index in [2.05, 4.69) is 5.32 Å². The normalized spacial score (nSPS) is 20.8. The Balaban J connectivity index is 1.63. The molecule has 2 aliphatic rings. The summed E-state index contributed by atoms with van der Waals surface area (Å²) in [5, 5.41) is 3.17. The number of ether oxygens (including phenoxy) is 3. The summed E-state index contributed by atoms with van der Waals surface area (Å²) in [4.78, 5) is 14.0. The van der Waals surface area contributed by atoms with Crippen molar-refractivity contribution < 1.29 is 19.0 Å². The molecule has 1 aromatic rings. The summed E-state index contributed by atoms with van der Waals surface area (Å²) in [6.45, 7) is 2.61. The van der Waals surface area contributed by atoms with Crippen LogP contribution in [0.5, 0.6) is 11.5 Å². The van der Waals surface area contributed by atoms with E-state index < -0.39 is 0 Å².